The van der Waals surface area contributed by atoms with Crippen LogP contribution in [0.3, 0.4) is 0 Å². The molecule has 0 atom stereocenters. The molecule has 0 radical (unpaired) electrons. The lowest BCUT2D eigenvalue weighted by molar-refractivity contribution is -0.121. The van der Waals surface area contributed by atoms with E-state index >= 15 is 0 Å². The maximum atomic E-state index is 12.9. The number of nitrogens with zero attached hydrogens (tertiary/aromatic N) is 3. The standard InChI is InChI=1S/C21H21ClN4O6S2/c1-33(28,29)15-6-8-16(9-7-15)34(30,31)26-12-10-14(11-13-26)19(27)23-21-25-24-20(32-21)17-4-2-3-5-18(17)22/h2-9,14H,10-13H2,1H3,(H,23,25,27). The fraction of sp³-hybridized carbons (Fsp3) is 0.286. The molecule has 2 heterocycles. The molecule has 1 amide bonds. The van der Waals surface area contributed by atoms with Gasteiger partial charge in [0, 0.05) is 25.3 Å². The van der Waals surface area contributed by atoms with E-state index in [9.17, 15) is 21.6 Å². The zero-order valence-corrected chi connectivity index (χ0v) is 20.4. The molecule has 1 aromatic heterocycles. The van der Waals surface area contributed by atoms with Crippen molar-refractivity contribution >= 4 is 43.4 Å². The number of hydrogen-bond donors (Lipinski definition) is 1. The maximum Gasteiger partial charge on any atom is 0.322 e. The second-order valence-electron chi connectivity index (χ2n) is 7.80. The van der Waals surface area contributed by atoms with E-state index in [2.05, 4.69) is 15.5 Å². The van der Waals surface area contributed by atoms with Crippen LogP contribution in [-0.4, -0.2) is 56.6 Å². The van der Waals surface area contributed by atoms with Gasteiger partial charge in [0.25, 0.3) is 5.89 Å². The van der Waals surface area contributed by atoms with E-state index in [1.807, 2.05) is 0 Å². The normalized spacial score (nSPS) is 15.8. The molecule has 1 fully saturated rings. The van der Waals surface area contributed by atoms with Crippen molar-refractivity contribution < 1.29 is 26.0 Å². The van der Waals surface area contributed by atoms with E-state index in [0.29, 0.717) is 23.4 Å². The van der Waals surface area contributed by atoms with Crippen molar-refractivity contribution in [3.05, 3.63) is 53.6 Å². The van der Waals surface area contributed by atoms with Crippen LogP contribution in [0.15, 0.2) is 62.7 Å². The Labute approximate surface area is 201 Å². The quantitative estimate of drug-likeness (QED) is 0.519. The third kappa shape index (κ3) is 5.14. The molecular formula is C21H21ClN4O6S2. The number of aromatic nitrogens is 2. The molecule has 0 unspecified atom stereocenters. The van der Waals surface area contributed by atoms with Crippen molar-refractivity contribution in [2.24, 2.45) is 5.92 Å². The number of hydrogen-bond acceptors (Lipinski definition) is 8. The Balaban J connectivity index is 1.37. The Bertz CT molecular complexity index is 1410. The maximum absolute atomic E-state index is 12.9. The van der Waals surface area contributed by atoms with Crippen LogP contribution in [0.5, 0.6) is 0 Å². The summed E-state index contributed by atoms with van der Waals surface area (Å²) in [5.41, 5.74) is 0.542. The highest BCUT2D eigenvalue weighted by molar-refractivity contribution is 7.90. The smallest absolute Gasteiger partial charge is 0.322 e. The predicted molar refractivity (Wildman–Crippen MR) is 124 cm³/mol. The SMILES string of the molecule is CS(=O)(=O)c1ccc(S(=O)(=O)N2CCC(C(=O)Nc3nnc(-c4ccccc4Cl)o3)CC2)cc1. The van der Waals surface area contributed by atoms with Gasteiger partial charge in [-0.25, -0.2) is 16.8 Å². The molecular weight excluding hydrogens is 504 g/mol. The van der Waals surface area contributed by atoms with Crippen molar-refractivity contribution in [1.82, 2.24) is 14.5 Å². The monoisotopic (exact) mass is 524 g/mol. The fourth-order valence-corrected chi connectivity index (χ4v) is 5.91. The molecule has 0 saturated carbocycles. The van der Waals surface area contributed by atoms with Crippen LogP contribution < -0.4 is 5.32 Å². The molecule has 3 aromatic rings. The lowest BCUT2D eigenvalue weighted by atomic mass is 9.97. The number of sulfone groups is 1. The van der Waals surface area contributed by atoms with Crippen LogP contribution in [-0.2, 0) is 24.7 Å². The van der Waals surface area contributed by atoms with Crippen molar-refractivity contribution in [2.45, 2.75) is 22.6 Å². The molecule has 180 valence electrons. The molecule has 0 aliphatic carbocycles. The number of amides is 1. The molecule has 4 rings (SSSR count). The van der Waals surface area contributed by atoms with E-state index in [1.165, 1.54) is 28.6 Å². The van der Waals surface area contributed by atoms with Crippen molar-refractivity contribution in [3.8, 4) is 11.5 Å². The number of benzene rings is 2. The average Bonchev–Trinajstić information content (AvgIpc) is 3.27. The minimum absolute atomic E-state index is 0.000707. The minimum Gasteiger partial charge on any atom is -0.403 e. The topological polar surface area (TPSA) is 140 Å². The summed E-state index contributed by atoms with van der Waals surface area (Å²) in [6.45, 7) is 0.284. The fourth-order valence-electron chi connectivity index (χ4n) is 3.59. The van der Waals surface area contributed by atoms with Crippen LogP contribution in [0.4, 0.5) is 6.01 Å². The van der Waals surface area contributed by atoms with Gasteiger partial charge >= 0.3 is 6.01 Å². The van der Waals surface area contributed by atoms with E-state index in [4.69, 9.17) is 16.0 Å². The lowest BCUT2D eigenvalue weighted by Crippen LogP contribution is -2.41. The highest BCUT2D eigenvalue weighted by Gasteiger charge is 2.32. The number of anilines is 1. The van der Waals surface area contributed by atoms with Gasteiger partial charge in [-0.3, -0.25) is 10.1 Å². The molecule has 34 heavy (non-hydrogen) atoms. The van der Waals surface area contributed by atoms with Crippen molar-refractivity contribution in [1.29, 1.82) is 0 Å². The van der Waals surface area contributed by atoms with Gasteiger partial charge < -0.3 is 4.42 Å². The Morgan fingerprint density at radius 3 is 2.24 bits per heavy atom. The number of halogens is 1. The number of carbonyl (C=O) groups is 1. The first kappa shape index (κ1) is 24.3. The van der Waals surface area contributed by atoms with E-state index in [1.54, 1.807) is 24.3 Å². The van der Waals surface area contributed by atoms with Crippen LogP contribution in [0.1, 0.15) is 12.8 Å². The first-order valence-corrected chi connectivity index (χ1v) is 14.0. The Kier molecular flexibility index (Phi) is 6.76. The molecule has 1 N–H and O–H groups in total. The second-order valence-corrected chi connectivity index (χ2v) is 12.2. The molecule has 0 spiro atoms. The second kappa shape index (κ2) is 9.45. The first-order valence-electron chi connectivity index (χ1n) is 10.3. The molecule has 1 saturated heterocycles. The van der Waals surface area contributed by atoms with Gasteiger partial charge in [-0.2, -0.15) is 4.31 Å². The van der Waals surface area contributed by atoms with Crippen LogP contribution in [0, 0.1) is 5.92 Å². The van der Waals surface area contributed by atoms with Crippen molar-refractivity contribution in [2.75, 3.05) is 24.7 Å². The predicted octanol–water partition coefficient (Wildman–Crippen LogP) is 2.83. The van der Waals surface area contributed by atoms with E-state index in [-0.39, 0.29) is 40.7 Å². The minimum atomic E-state index is -3.81. The first-order chi connectivity index (χ1) is 16.1. The Hall–Kier alpha value is -2.80. The summed E-state index contributed by atoms with van der Waals surface area (Å²) in [6.07, 6.45) is 1.66. The van der Waals surface area contributed by atoms with Gasteiger partial charge in [0.1, 0.15) is 0 Å². The Morgan fingerprint density at radius 1 is 1.00 bits per heavy atom. The third-order valence-corrected chi connectivity index (χ3v) is 8.84. The summed E-state index contributed by atoms with van der Waals surface area (Å²) in [5.74, 6) is -0.609. The average molecular weight is 525 g/mol. The number of carbonyl (C=O) groups excluding carboxylic acids is 1. The summed E-state index contributed by atoms with van der Waals surface area (Å²) >= 11 is 6.12. The van der Waals surface area contributed by atoms with E-state index in [0.717, 1.165) is 6.26 Å². The highest BCUT2D eigenvalue weighted by Crippen LogP contribution is 2.28. The van der Waals surface area contributed by atoms with Gasteiger partial charge in [-0.15, -0.1) is 5.10 Å². The van der Waals surface area contributed by atoms with Gasteiger partial charge in [0.15, 0.2) is 9.84 Å². The third-order valence-electron chi connectivity index (χ3n) is 5.47. The molecule has 1 aliphatic heterocycles. The molecule has 10 nitrogen and oxygen atoms in total. The molecule has 0 bridgehead atoms. The molecule has 2 aromatic carbocycles. The lowest BCUT2D eigenvalue weighted by Gasteiger charge is -2.30. The highest BCUT2D eigenvalue weighted by atomic mass is 35.5. The van der Waals surface area contributed by atoms with Crippen LogP contribution in [0.25, 0.3) is 11.5 Å². The number of nitrogens with one attached hydrogen (secondary N) is 1. The molecule has 13 heteroatoms. The van der Waals surface area contributed by atoms with Crippen molar-refractivity contribution in [3.63, 3.8) is 0 Å². The van der Waals surface area contributed by atoms with Gasteiger partial charge in [0.05, 0.1) is 20.4 Å². The van der Waals surface area contributed by atoms with Gasteiger partial charge in [0.2, 0.25) is 15.9 Å². The van der Waals surface area contributed by atoms with Gasteiger partial charge in [-0.05, 0) is 49.2 Å². The van der Waals surface area contributed by atoms with Crippen LogP contribution in [0.2, 0.25) is 5.02 Å². The summed E-state index contributed by atoms with van der Waals surface area (Å²) in [4.78, 5) is 12.7. The summed E-state index contributed by atoms with van der Waals surface area (Å²) in [5, 5.41) is 10.7. The van der Waals surface area contributed by atoms with Gasteiger partial charge in [-0.1, -0.05) is 28.8 Å². The largest absolute Gasteiger partial charge is 0.403 e. The Morgan fingerprint density at radius 2 is 1.62 bits per heavy atom. The number of piperidine rings is 1. The molecule has 1 aliphatic rings. The van der Waals surface area contributed by atoms with Crippen LogP contribution >= 0.6 is 11.6 Å². The summed E-state index contributed by atoms with van der Waals surface area (Å²) in [7, 11) is -7.24. The summed E-state index contributed by atoms with van der Waals surface area (Å²) < 4.78 is 55.8. The number of rotatable bonds is 6. The number of sulfonamides is 1. The zero-order chi connectivity index (χ0) is 24.5. The van der Waals surface area contributed by atoms with E-state index < -0.39 is 25.8 Å². The zero-order valence-electron chi connectivity index (χ0n) is 18.0. The summed E-state index contributed by atoms with van der Waals surface area (Å²) in [6, 6.07) is 11.9.